The van der Waals surface area contributed by atoms with Gasteiger partial charge in [0.1, 0.15) is 5.75 Å². The first-order valence-electron chi connectivity index (χ1n) is 6.95. The number of carbonyl (C=O) groups is 1. The van der Waals surface area contributed by atoms with E-state index in [0.717, 1.165) is 17.7 Å². The normalized spacial score (nSPS) is 11.8. The topological polar surface area (TPSA) is 38.3 Å². The molecule has 0 saturated carbocycles. The van der Waals surface area contributed by atoms with Crippen molar-refractivity contribution >= 4 is 29.1 Å². The van der Waals surface area contributed by atoms with Crippen molar-refractivity contribution in [2.45, 2.75) is 19.4 Å². The fraction of sp³-hybridized carbons (Fsp3) is 0.235. The van der Waals surface area contributed by atoms with Gasteiger partial charge in [0.05, 0.1) is 23.7 Å². The lowest BCUT2D eigenvalue weighted by Crippen LogP contribution is -2.28. The average Bonchev–Trinajstić information content (AvgIpc) is 2.52. The van der Waals surface area contributed by atoms with Crippen molar-refractivity contribution in [1.29, 1.82) is 0 Å². The quantitative estimate of drug-likeness (QED) is 0.843. The molecule has 0 radical (unpaired) electrons. The van der Waals surface area contributed by atoms with Gasteiger partial charge in [-0.3, -0.25) is 4.79 Å². The third-order valence-corrected chi connectivity index (χ3v) is 3.96. The summed E-state index contributed by atoms with van der Waals surface area (Å²) >= 11 is 11.9. The molecule has 22 heavy (non-hydrogen) atoms. The summed E-state index contributed by atoms with van der Waals surface area (Å²) < 4.78 is 5.14. The maximum Gasteiger partial charge on any atom is 0.253 e. The highest BCUT2D eigenvalue weighted by molar-refractivity contribution is 6.36. The van der Waals surface area contributed by atoms with Gasteiger partial charge in [0.2, 0.25) is 0 Å². The molecule has 1 amide bonds. The molecule has 0 fully saturated rings. The van der Waals surface area contributed by atoms with Gasteiger partial charge in [0.15, 0.2) is 0 Å². The molecule has 116 valence electrons. The number of halogens is 2. The molecule has 0 heterocycles. The third kappa shape index (κ3) is 3.93. The average molecular weight is 338 g/mol. The molecule has 0 bridgehead atoms. The molecule has 2 aromatic carbocycles. The lowest BCUT2D eigenvalue weighted by atomic mass is 10.0. The number of amides is 1. The smallest absolute Gasteiger partial charge is 0.253 e. The van der Waals surface area contributed by atoms with Crippen LogP contribution in [-0.2, 0) is 0 Å². The summed E-state index contributed by atoms with van der Waals surface area (Å²) in [4.78, 5) is 12.4. The molecular weight excluding hydrogens is 321 g/mol. The Morgan fingerprint density at radius 3 is 2.41 bits per heavy atom. The van der Waals surface area contributed by atoms with Crippen LogP contribution in [-0.4, -0.2) is 13.0 Å². The Bertz CT molecular complexity index is 656. The van der Waals surface area contributed by atoms with Crippen LogP contribution in [0.4, 0.5) is 0 Å². The second-order valence-corrected chi connectivity index (χ2v) is 5.68. The molecule has 0 aliphatic carbocycles. The Labute approximate surface area is 140 Å². The van der Waals surface area contributed by atoms with Gasteiger partial charge in [-0.25, -0.2) is 0 Å². The van der Waals surface area contributed by atoms with Crippen molar-refractivity contribution in [3.8, 4) is 5.75 Å². The zero-order valence-electron chi connectivity index (χ0n) is 12.4. The van der Waals surface area contributed by atoms with Gasteiger partial charge in [-0.1, -0.05) is 42.3 Å². The van der Waals surface area contributed by atoms with Crippen LogP contribution >= 0.6 is 23.2 Å². The minimum atomic E-state index is -0.218. The molecule has 3 nitrogen and oxygen atoms in total. The molecule has 5 heteroatoms. The van der Waals surface area contributed by atoms with E-state index in [2.05, 4.69) is 5.32 Å². The Hall–Kier alpha value is -1.71. The molecule has 0 aromatic heterocycles. The fourth-order valence-electron chi connectivity index (χ4n) is 2.17. The number of carbonyl (C=O) groups excluding carboxylic acids is 1. The summed E-state index contributed by atoms with van der Waals surface area (Å²) in [6.07, 6.45) is 0.767. The molecule has 0 saturated heterocycles. The monoisotopic (exact) mass is 337 g/mol. The van der Waals surface area contributed by atoms with Crippen molar-refractivity contribution in [2.24, 2.45) is 0 Å². The first-order valence-corrected chi connectivity index (χ1v) is 7.70. The first-order chi connectivity index (χ1) is 10.5. The molecule has 1 unspecified atom stereocenters. The van der Waals surface area contributed by atoms with E-state index in [9.17, 15) is 4.79 Å². The van der Waals surface area contributed by atoms with Gasteiger partial charge in [0, 0.05) is 5.02 Å². The summed E-state index contributed by atoms with van der Waals surface area (Å²) in [6.45, 7) is 2.01. The lowest BCUT2D eigenvalue weighted by Gasteiger charge is -2.18. The van der Waals surface area contributed by atoms with Gasteiger partial charge in [-0.05, 0) is 42.3 Å². The van der Waals surface area contributed by atoms with Gasteiger partial charge in [0.25, 0.3) is 5.91 Å². The van der Waals surface area contributed by atoms with Gasteiger partial charge >= 0.3 is 0 Å². The number of ether oxygens (including phenoxy) is 1. The standard InChI is InChI=1S/C17H17Cl2NO2/c1-3-16(11-4-7-13(22-2)8-5-11)20-17(21)14-9-6-12(18)10-15(14)19/h4-10,16H,3H2,1-2H3,(H,20,21). The van der Waals surface area contributed by atoms with Gasteiger partial charge in [-0.15, -0.1) is 0 Å². The Morgan fingerprint density at radius 1 is 1.18 bits per heavy atom. The second-order valence-electron chi connectivity index (χ2n) is 4.83. The van der Waals surface area contributed by atoms with E-state index < -0.39 is 0 Å². The van der Waals surface area contributed by atoms with Crippen molar-refractivity contribution < 1.29 is 9.53 Å². The van der Waals surface area contributed by atoms with Gasteiger partial charge < -0.3 is 10.1 Å². The summed E-state index contributed by atoms with van der Waals surface area (Å²) in [7, 11) is 1.62. The van der Waals surface area contributed by atoms with Crippen LogP contribution in [0, 0.1) is 0 Å². The van der Waals surface area contributed by atoms with Crippen molar-refractivity contribution in [1.82, 2.24) is 5.32 Å². The van der Waals surface area contributed by atoms with Crippen molar-refractivity contribution in [2.75, 3.05) is 7.11 Å². The predicted molar refractivity (Wildman–Crippen MR) is 90.0 cm³/mol. The minimum absolute atomic E-state index is 0.0925. The molecule has 0 aliphatic heterocycles. The number of hydrogen-bond acceptors (Lipinski definition) is 2. The molecule has 2 rings (SSSR count). The summed E-state index contributed by atoms with van der Waals surface area (Å²) in [5, 5.41) is 3.84. The van der Waals surface area contributed by atoms with Crippen molar-refractivity contribution in [3.63, 3.8) is 0 Å². The SMILES string of the molecule is CCC(NC(=O)c1ccc(Cl)cc1Cl)c1ccc(OC)cc1. The van der Waals surface area contributed by atoms with Crippen LogP contribution < -0.4 is 10.1 Å². The summed E-state index contributed by atoms with van der Waals surface area (Å²) in [6, 6.07) is 12.4. The number of methoxy groups -OCH3 is 1. The Kier molecular flexibility index (Phi) is 5.69. The fourth-order valence-corrected chi connectivity index (χ4v) is 2.66. The predicted octanol–water partition coefficient (Wildman–Crippen LogP) is 4.88. The van der Waals surface area contributed by atoms with Crippen LogP contribution in [0.5, 0.6) is 5.75 Å². The highest BCUT2D eigenvalue weighted by Crippen LogP contribution is 2.24. The van der Waals surface area contributed by atoms with Crippen LogP contribution in [0.1, 0.15) is 35.3 Å². The molecule has 1 atom stereocenters. The number of hydrogen-bond donors (Lipinski definition) is 1. The molecule has 0 aliphatic rings. The molecule has 1 N–H and O–H groups in total. The Morgan fingerprint density at radius 2 is 1.86 bits per heavy atom. The van der Waals surface area contributed by atoms with E-state index in [4.69, 9.17) is 27.9 Å². The van der Waals surface area contributed by atoms with E-state index in [1.807, 2.05) is 31.2 Å². The largest absolute Gasteiger partial charge is 0.497 e. The van der Waals surface area contributed by atoms with Crippen LogP contribution in [0.2, 0.25) is 10.0 Å². The van der Waals surface area contributed by atoms with Crippen LogP contribution in [0.15, 0.2) is 42.5 Å². The zero-order chi connectivity index (χ0) is 16.1. The first kappa shape index (κ1) is 16.7. The maximum atomic E-state index is 12.4. The lowest BCUT2D eigenvalue weighted by molar-refractivity contribution is 0.0935. The molecule has 0 spiro atoms. The van der Waals surface area contributed by atoms with E-state index in [1.54, 1.807) is 25.3 Å². The number of benzene rings is 2. The number of rotatable bonds is 5. The van der Waals surface area contributed by atoms with Crippen LogP contribution in [0.3, 0.4) is 0 Å². The third-order valence-electron chi connectivity index (χ3n) is 3.41. The highest BCUT2D eigenvalue weighted by Gasteiger charge is 2.16. The maximum absolute atomic E-state index is 12.4. The van der Waals surface area contributed by atoms with E-state index in [-0.39, 0.29) is 11.9 Å². The van der Waals surface area contributed by atoms with E-state index in [1.165, 1.54) is 0 Å². The molecule has 2 aromatic rings. The molecular formula is C17H17Cl2NO2. The minimum Gasteiger partial charge on any atom is -0.497 e. The van der Waals surface area contributed by atoms with Crippen molar-refractivity contribution in [3.05, 3.63) is 63.6 Å². The zero-order valence-corrected chi connectivity index (χ0v) is 13.9. The highest BCUT2D eigenvalue weighted by atomic mass is 35.5. The summed E-state index contributed by atoms with van der Waals surface area (Å²) in [5.41, 5.74) is 1.43. The van der Waals surface area contributed by atoms with E-state index >= 15 is 0 Å². The van der Waals surface area contributed by atoms with Crippen LogP contribution in [0.25, 0.3) is 0 Å². The summed E-state index contributed by atoms with van der Waals surface area (Å²) in [5.74, 6) is 0.565. The second kappa shape index (κ2) is 7.52. The number of nitrogens with one attached hydrogen (secondary N) is 1. The Balaban J connectivity index is 2.16. The van der Waals surface area contributed by atoms with Gasteiger partial charge in [-0.2, -0.15) is 0 Å². The van der Waals surface area contributed by atoms with E-state index in [0.29, 0.717) is 15.6 Å².